The zero-order chi connectivity index (χ0) is 8.27. The Bertz CT molecular complexity index is 292. The minimum Gasteiger partial charge on any atom is -0.495 e. The fourth-order valence-corrected chi connectivity index (χ4v) is 0.714. The Morgan fingerprint density at radius 3 is 2.64 bits per heavy atom. The van der Waals surface area contributed by atoms with Gasteiger partial charge in [-0.15, -0.1) is 0 Å². The van der Waals surface area contributed by atoms with Crippen molar-refractivity contribution in [2.45, 2.75) is 0 Å². The standard InChI is InChI=1S/C7H9NO3/c1-10-5-3-6(11-2)7(9)8-4-5/h3-4H,1-2H3,(H,8,9). The smallest absolute Gasteiger partial charge is 0.290 e. The summed E-state index contributed by atoms with van der Waals surface area (Å²) in [6, 6.07) is 1.53. The third kappa shape index (κ3) is 1.52. The molecule has 0 atom stereocenters. The lowest BCUT2D eigenvalue weighted by molar-refractivity contribution is 0.387. The molecular weight excluding hydrogens is 146 g/mol. The molecule has 1 aromatic heterocycles. The van der Waals surface area contributed by atoms with E-state index >= 15 is 0 Å². The molecule has 1 rings (SSSR count). The summed E-state index contributed by atoms with van der Waals surface area (Å²) in [6.07, 6.45) is 1.48. The highest BCUT2D eigenvalue weighted by Crippen LogP contribution is 2.11. The van der Waals surface area contributed by atoms with Gasteiger partial charge in [0.25, 0.3) is 5.56 Å². The van der Waals surface area contributed by atoms with Crippen LogP contribution in [0.2, 0.25) is 0 Å². The fourth-order valence-electron chi connectivity index (χ4n) is 0.714. The molecule has 60 valence electrons. The van der Waals surface area contributed by atoms with E-state index in [-0.39, 0.29) is 11.3 Å². The maximum Gasteiger partial charge on any atom is 0.290 e. The summed E-state index contributed by atoms with van der Waals surface area (Å²) in [5.41, 5.74) is -0.256. The number of hydrogen-bond acceptors (Lipinski definition) is 3. The minimum absolute atomic E-state index is 0.254. The molecule has 0 spiro atoms. The van der Waals surface area contributed by atoms with E-state index in [1.807, 2.05) is 0 Å². The van der Waals surface area contributed by atoms with Crippen molar-refractivity contribution >= 4 is 0 Å². The van der Waals surface area contributed by atoms with Crippen molar-refractivity contribution in [3.05, 3.63) is 22.6 Å². The van der Waals surface area contributed by atoms with Crippen LogP contribution in [0.25, 0.3) is 0 Å². The summed E-state index contributed by atoms with van der Waals surface area (Å²) in [4.78, 5) is 13.3. The van der Waals surface area contributed by atoms with Crippen LogP contribution in [0.1, 0.15) is 0 Å². The van der Waals surface area contributed by atoms with E-state index in [2.05, 4.69) is 4.98 Å². The van der Waals surface area contributed by atoms with Gasteiger partial charge >= 0.3 is 0 Å². The van der Waals surface area contributed by atoms with Crippen molar-refractivity contribution in [1.29, 1.82) is 0 Å². The monoisotopic (exact) mass is 155 g/mol. The zero-order valence-electron chi connectivity index (χ0n) is 6.38. The molecule has 1 heterocycles. The molecule has 4 heteroatoms. The average molecular weight is 155 g/mol. The Morgan fingerprint density at radius 1 is 1.36 bits per heavy atom. The predicted molar refractivity (Wildman–Crippen MR) is 40.2 cm³/mol. The van der Waals surface area contributed by atoms with Gasteiger partial charge in [0.15, 0.2) is 5.75 Å². The number of H-pyrrole nitrogens is 1. The van der Waals surface area contributed by atoms with Gasteiger partial charge in [-0.25, -0.2) is 0 Å². The molecule has 0 bridgehead atoms. The highest BCUT2D eigenvalue weighted by atomic mass is 16.5. The number of nitrogens with one attached hydrogen (secondary N) is 1. The molecule has 1 aromatic rings. The number of pyridine rings is 1. The van der Waals surface area contributed by atoms with Crippen molar-refractivity contribution in [1.82, 2.24) is 4.98 Å². The summed E-state index contributed by atoms with van der Waals surface area (Å²) in [5, 5.41) is 0. The number of ether oxygens (including phenoxy) is 2. The molecule has 0 amide bonds. The first-order chi connectivity index (χ1) is 5.27. The Balaban J connectivity index is 3.13. The van der Waals surface area contributed by atoms with Crippen LogP contribution >= 0.6 is 0 Å². The molecule has 0 aliphatic carbocycles. The van der Waals surface area contributed by atoms with Crippen LogP contribution in [0.3, 0.4) is 0 Å². The molecule has 0 saturated carbocycles. The third-order valence-corrected chi connectivity index (χ3v) is 1.30. The number of methoxy groups -OCH3 is 2. The van der Waals surface area contributed by atoms with Gasteiger partial charge in [0.1, 0.15) is 5.75 Å². The normalized spacial score (nSPS) is 9.27. The lowest BCUT2D eigenvalue weighted by Gasteiger charge is -2.00. The lowest BCUT2D eigenvalue weighted by Crippen LogP contribution is -2.08. The Kier molecular flexibility index (Phi) is 2.15. The third-order valence-electron chi connectivity index (χ3n) is 1.30. The summed E-state index contributed by atoms with van der Waals surface area (Å²) < 4.78 is 9.63. The first-order valence-electron chi connectivity index (χ1n) is 3.08. The second kappa shape index (κ2) is 3.09. The maximum absolute atomic E-state index is 10.9. The van der Waals surface area contributed by atoms with Gasteiger partial charge in [0.2, 0.25) is 0 Å². The first kappa shape index (κ1) is 7.65. The summed E-state index contributed by atoms with van der Waals surface area (Å²) in [6.45, 7) is 0. The Labute approximate surface area is 63.8 Å². The van der Waals surface area contributed by atoms with E-state index in [0.717, 1.165) is 0 Å². The minimum atomic E-state index is -0.256. The molecule has 1 N–H and O–H groups in total. The summed E-state index contributed by atoms with van der Waals surface area (Å²) in [7, 11) is 2.96. The summed E-state index contributed by atoms with van der Waals surface area (Å²) >= 11 is 0. The van der Waals surface area contributed by atoms with E-state index in [1.54, 1.807) is 0 Å². The van der Waals surface area contributed by atoms with E-state index in [1.165, 1.54) is 26.5 Å². The Hall–Kier alpha value is -1.45. The fraction of sp³-hybridized carbons (Fsp3) is 0.286. The molecule has 0 radical (unpaired) electrons. The SMILES string of the molecule is COc1c[nH]c(=O)c(OC)c1. The van der Waals surface area contributed by atoms with E-state index in [4.69, 9.17) is 9.47 Å². The zero-order valence-corrected chi connectivity index (χ0v) is 6.38. The van der Waals surface area contributed by atoms with Crippen LogP contribution in [0, 0.1) is 0 Å². The molecule has 0 unspecified atom stereocenters. The number of aromatic nitrogens is 1. The van der Waals surface area contributed by atoms with Gasteiger partial charge < -0.3 is 14.5 Å². The summed E-state index contributed by atoms with van der Waals surface area (Å²) in [5.74, 6) is 0.825. The second-order valence-corrected chi connectivity index (χ2v) is 1.94. The molecule has 0 aliphatic heterocycles. The largest absolute Gasteiger partial charge is 0.495 e. The van der Waals surface area contributed by atoms with E-state index in [9.17, 15) is 4.79 Å². The molecule has 0 aromatic carbocycles. The van der Waals surface area contributed by atoms with Crippen molar-refractivity contribution in [2.75, 3.05) is 14.2 Å². The van der Waals surface area contributed by atoms with E-state index < -0.39 is 0 Å². The number of hydrogen-bond donors (Lipinski definition) is 1. The van der Waals surface area contributed by atoms with Crippen molar-refractivity contribution < 1.29 is 9.47 Å². The lowest BCUT2D eigenvalue weighted by atomic mass is 10.4. The van der Waals surface area contributed by atoms with Crippen LogP contribution in [-0.4, -0.2) is 19.2 Å². The van der Waals surface area contributed by atoms with Crippen LogP contribution in [0.4, 0.5) is 0 Å². The van der Waals surface area contributed by atoms with Gasteiger partial charge in [-0.05, 0) is 0 Å². The van der Waals surface area contributed by atoms with Gasteiger partial charge in [0, 0.05) is 12.3 Å². The quantitative estimate of drug-likeness (QED) is 0.672. The van der Waals surface area contributed by atoms with Gasteiger partial charge in [-0.2, -0.15) is 0 Å². The van der Waals surface area contributed by atoms with Gasteiger partial charge in [0.05, 0.1) is 14.2 Å². The molecule has 0 saturated heterocycles. The van der Waals surface area contributed by atoms with Crippen LogP contribution in [-0.2, 0) is 0 Å². The van der Waals surface area contributed by atoms with Gasteiger partial charge in [-0.1, -0.05) is 0 Å². The maximum atomic E-state index is 10.9. The molecule has 0 aliphatic rings. The van der Waals surface area contributed by atoms with Crippen molar-refractivity contribution in [3.63, 3.8) is 0 Å². The first-order valence-corrected chi connectivity index (χ1v) is 3.08. The van der Waals surface area contributed by atoms with Crippen LogP contribution < -0.4 is 15.0 Å². The molecular formula is C7H9NO3. The second-order valence-electron chi connectivity index (χ2n) is 1.94. The van der Waals surface area contributed by atoms with Crippen LogP contribution in [0.5, 0.6) is 11.5 Å². The van der Waals surface area contributed by atoms with Crippen molar-refractivity contribution in [2.24, 2.45) is 0 Å². The highest BCUT2D eigenvalue weighted by molar-refractivity contribution is 5.27. The van der Waals surface area contributed by atoms with Crippen LogP contribution in [0.15, 0.2) is 17.1 Å². The molecule has 11 heavy (non-hydrogen) atoms. The van der Waals surface area contributed by atoms with E-state index in [0.29, 0.717) is 5.75 Å². The predicted octanol–water partition coefficient (Wildman–Crippen LogP) is 0.392. The average Bonchev–Trinajstić information content (AvgIpc) is 2.05. The van der Waals surface area contributed by atoms with Gasteiger partial charge in [-0.3, -0.25) is 4.79 Å². The van der Waals surface area contributed by atoms with Crippen molar-refractivity contribution in [3.8, 4) is 11.5 Å². The Morgan fingerprint density at radius 2 is 2.09 bits per heavy atom. The number of rotatable bonds is 2. The topological polar surface area (TPSA) is 51.3 Å². The highest BCUT2D eigenvalue weighted by Gasteiger charge is 1.99. The molecule has 4 nitrogen and oxygen atoms in total. The molecule has 0 fully saturated rings. The number of aromatic amines is 1.